The molecule has 0 radical (unpaired) electrons. The number of hydrazine groups is 1. The second kappa shape index (κ2) is 14.2. The quantitative estimate of drug-likeness (QED) is 0.141. The molecule has 0 fully saturated rings. The van der Waals surface area contributed by atoms with Gasteiger partial charge in [0.15, 0.2) is 0 Å². The van der Waals surface area contributed by atoms with Gasteiger partial charge in [0.25, 0.3) is 0 Å². The van der Waals surface area contributed by atoms with Crippen molar-refractivity contribution in [1.29, 1.82) is 0 Å². The van der Waals surface area contributed by atoms with Gasteiger partial charge in [-0.15, -0.1) is 0 Å². The van der Waals surface area contributed by atoms with E-state index >= 15 is 0 Å². The molecule has 0 bridgehead atoms. The molecule has 8 heteroatoms. The van der Waals surface area contributed by atoms with Gasteiger partial charge in [-0.25, -0.2) is 5.01 Å². The minimum Gasteiger partial charge on any atom is -0.496 e. The molecule has 3 N–H and O–H groups in total. The third kappa shape index (κ3) is 7.27. The molecule has 4 aromatic carbocycles. The van der Waals surface area contributed by atoms with Crippen LogP contribution in [0, 0.1) is 0 Å². The van der Waals surface area contributed by atoms with E-state index in [0.29, 0.717) is 25.9 Å². The molecule has 228 valence electrons. The number of methoxy groups -OCH3 is 1. The number of aliphatic carboxylic acids is 1. The number of nitrogens with zero attached hydrogens (tertiary/aromatic N) is 2. The number of carbonyl (C=O) groups is 2. The highest BCUT2D eigenvalue weighted by molar-refractivity contribution is 5.85. The Morgan fingerprint density at radius 2 is 1.64 bits per heavy atom. The summed E-state index contributed by atoms with van der Waals surface area (Å²) < 4.78 is 5.54. The number of rotatable bonds is 14. The van der Waals surface area contributed by atoms with Crippen LogP contribution >= 0.6 is 0 Å². The summed E-state index contributed by atoms with van der Waals surface area (Å²) in [7, 11) is 3.43. The lowest BCUT2D eigenvalue weighted by molar-refractivity contribution is -0.139. The third-order valence-electron chi connectivity index (χ3n) is 8.13. The summed E-state index contributed by atoms with van der Waals surface area (Å²) in [5, 5.41) is 15.1. The maximum atomic E-state index is 14.3. The van der Waals surface area contributed by atoms with Gasteiger partial charge in [0.1, 0.15) is 11.8 Å². The van der Waals surface area contributed by atoms with Crippen LogP contribution in [0.15, 0.2) is 97.2 Å². The van der Waals surface area contributed by atoms with Gasteiger partial charge in [0.2, 0.25) is 5.91 Å². The van der Waals surface area contributed by atoms with Crippen LogP contribution in [0.25, 0.3) is 21.7 Å². The molecular weight excluding hydrogens is 552 g/mol. The highest BCUT2D eigenvalue weighted by Crippen LogP contribution is 2.23. The Morgan fingerprint density at radius 3 is 2.41 bits per heavy atom. The van der Waals surface area contributed by atoms with Gasteiger partial charge >= 0.3 is 5.97 Å². The number of nitrogens with one attached hydrogen (secondary N) is 2. The molecule has 5 aromatic rings. The predicted octanol–water partition coefficient (Wildman–Crippen LogP) is 5.81. The van der Waals surface area contributed by atoms with E-state index < -0.39 is 18.1 Å². The maximum Gasteiger partial charge on any atom is 0.304 e. The van der Waals surface area contributed by atoms with Crippen molar-refractivity contribution in [3.63, 3.8) is 0 Å². The van der Waals surface area contributed by atoms with E-state index in [0.717, 1.165) is 44.1 Å². The molecular formula is C36H40N4O4. The molecule has 1 aromatic heterocycles. The van der Waals surface area contributed by atoms with E-state index in [9.17, 15) is 14.7 Å². The first kappa shape index (κ1) is 30.8. The summed E-state index contributed by atoms with van der Waals surface area (Å²) in [5.74, 6) is -0.243. The Balaban J connectivity index is 1.45. The normalized spacial score (nSPS) is 12.8. The molecule has 0 unspecified atom stereocenters. The number of carbonyl (C=O) groups excluding carboxylic acids is 1. The number of likely N-dealkylation sites (N-methyl/N-ethyl adjacent to an activating group) is 2. The molecule has 0 saturated carbocycles. The molecule has 1 heterocycles. The van der Waals surface area contributed by atoms with Crippen LogP contribution in [-0.2, 0) is 29.0 Å². The highest BCUT2D eigenvalue weighted by Gasteiger charge is 2.31. The summed E-state index contributed by atoms with van der Waals surface area (Å²) in [5.41, 5.74) is 7.46. The van der Waals surface area contributed by atoms with Crippen molar-refractivity contribution in [2.45, 2.75) is 44.8 Å². The number of fused-ring (bicyclic) bond motifs is 2. The Labute approximate surface area is 258 Å². The zero-order valence-corrected chi connectivity index (χ0v) is 25.5. The topological polar surface area (TPSA) is 97.9 Å². The number of carboxylic acid groups (broad SMARTS) is 1. The Morgan fingerprint density at radius 1 is 0.909 bits per heavy atom. The van der Waals surface area contributed by atoms with E-state index in [4.69, 9.17) is 4.74 Å². The Kier molecular flexibility index (Phi) is 9.94. The fraction of sp³-hybridized carbons (Fsp3) is 0.278. The zero-order valence-electron chi connectivity index (χ0n) is 25.5. The molecule has 0 saturated heterocycles. The van der Waals surface area contributed by atoms with E-state index in [2.05, 4.69) is 40.7 Å². The van der Waals surface area contributed by atoms with E-state index in [1.54, 1.807) is 19.1 Å². The number of hydrogen-bond donors (Lipinski definition) is 3. The van der Waals surface area contributed by atoms with Gasteiger partial charge in [-0.05, 0) is 46.9 Å². The summed E-state index contributed by atoms with van der Waals surface area (Å²) >= 11 is 0. The summed E-state index contributed by atoms with van der Waals surface area (Å²) in [4.78, 5) is 31.3. The average molecular weight is 593 g/mol. The predicted molar refractivity (Wildman–Crippen MR) is 174 cm³/mol. The van der Waals surface area contributed by atoms with Crippen molar-refractivity contribution in [2.75, 3.05) is 20.7 Å². The number of ether oxygens (including phenoxy) is 1. The smallest absolute Gasteiger partial charge is 0.304 e. The van der Waals surface area contributed by atoms with Crippen molar-refractivity contribution in [1.82, 2.24) is 20.3 Å². The number of aromatic amines is 1. The minimum absolute atomic E-state index is 0.0698. The lowest BCUT2D eigenvalue weighted by atomic mass is 9.99. The second-order valence-corrected chi connectivity index (χ2v) is 11.2. The molecule has 8 nitrogen and oxygen atoms in total. The van der Waals surface area contributed by atoms with Crippen LogP contribution in [0.3, 0.4) is 0 Å². The van der Waals surface area contributed by atoms with Gasteiger partial charge in [-0.1, -0.05) is 85.8 Å². The zero-order chi connectivity index (χ0) is 31.1. The van der Waals surface area contributed by atoms with Crippen LogP contribution in [0.5, 0.6) is 5.75 Å². The maximum absolute atomic E-state index is 14.3. The van der Waals surface area contributed by atoms with E-state index in [1.165, 1.54) is 0 Å². The molecule has 44 heavy (non-hydrogen) atoms. The average Bonchev–Trinajstić information content (AvgIpc) is 3.44. The number of amides is 1. The van der Waals surface area contributed by atoms with Crippen molar-refractivity contribution >= 4 is 33.6 Å². The molecule has 0 spiro atoms. The monoisotopic (exact) mass is 592 g/mol. The van der Waals surface area contributed by atoms with Crippen LogP contribution < -0.4 is 10.2 Å². The number of hydrogen-bond acceptors (Lipinski definition) is 5. The molecule has 2 atom stereocenters. The van der Waals surface area contributed by atoms with E-state index in [-0.39, 0.29) is 12.3 Å². The molecule has 0 aliphatic carbocycles. The summed E-state index contributed by atoms with van der Waals surface area (Å²) in [6.07, 6.45) is 2.79. The van der Waals surface area contributed by atoms with Gasteiger partial charge in [-0.2, -0.15) is 0 Å². The standard InChI is InChI=1S/C36H40N4O4/c1-4-40(38-30(22-35(41)42)21-29-23-37-32-15-9-8-14-31(29)32)33(20-25-17-18-26-11-5-6-12-27(26)19-25)36(43)39(2)24-28-13-7-10-16-34(28)44-3/h5-19,23,30,33,37-38H,4,20-22,24H2,1-3H3,(H,41,42)/t30-,33-/m0/s1. The number of carboxylic acids is 1. The Bertz CT molecular complexity index is 1730. The third-order valence-corrected chi connectivity index (χ3v) is 8.13. The fourth-order valence-electron chi connectivity index (χ4n) is 5.92. The number of H-pyrrole nitrogens is 1. The van der Waals surface area contributed by atoms with E-state index in [1.807, 2.05) is 78.8 Å². The van der Waals surface area contributed by atoms with Gasteiger partial charge in [0.05, 0.1) is 13.5 Å². The number of aromatic nitrogens is 1. The van der Waals surface area contributed by atoms with Crippen LogP contribution in [-0.4, -0.2) is 64.7 Å². The number of para-hydroxylation sites is 2. The molecule has 1 amide bonds. The minimum atomic E-state index is -0.899. The van der Waals surface area contributed by atoms with Gasteiger partial charge < -0.3 is 19.7 Å². The van der Waals surface area contributed by atoms with Gasteiger partial charge in [-0.3, -0.25) is 15.0 Å². The van der Waals surface area contributed by atoms with Crippen molar-refractivity contribution in [3.8, 4) is 5.75 Å². The summed E-state index contributed by atoms with van der Waals surface area (Å²) in [6.45, 7) is 2.86. The van der Waals surface area contributed by atoms with Crippen LogP contribution in [0.1, 0.15) is 30.0 Å². The first-order valence-corrected chi connectivity index (χ1v) is 15.0. The first-order chi connectivity index (χ1) is 21.4. The van der Waals surface area contributed by atoms with Crippen molar-refractivity contribution < 1.29 is 19.4 Å². The Hall–Kier alpha value is -4.66. The van der Waals surface area contributed by atoms with Crippen molar-refractivity contribution in [3.05, 3.63) is 114 Å². The SMILES string of the molecule is CCN(N[C@H](CC(=O)O)Cc1c[nH]c2ccccc12)[C@@H](Cc1ccc2ccccc2c1)C(=O)N(C)Cc1ccccc1OC. The van der Waals surface area contributed by atoms with Crippen LogP contribution in [0.2, 0.25) is 0 Å². The first-order valence-electron chi connectivity index (χ1n) is 15.0. The lowest BCUT2D eigenvalue weighted by Crippen LogP contribution is -2.57. The molecule has 0 aliphatic rings. The number of benzene rings is 4. The van der Waals surface area contributed by atoms with Crippen LogP contribution in [0.4, 0.5) is 0 Å². The molecule has 5 rings (SSSR count). The second-order valence-electron chi connectivity index (χ2n) is 11.2. The highest BCUT2D eigenvalue weighted by atomic mass is 16.5. The molecule has 0 aliphatic heterocycles. The fourth-order valence-corrected chi connectivity index (χ4v) is 5.92. The largest absolute Gasteiger partial charge is 0.496 e. The van der Waals surface area contributed by atoms with Crippen molar-refractivity contribution in [2.24, 2.45) is 0 Å². The lowest BCUT2D eigenvalue weighted by Gasteiger charge is -2.36. The summed E-state index contributed by atoms with van der Waals surface area (Å²) in [6, 6.07) is 29.1. The van der Waals surface area contributed by atoms with Gasteiger partial charge in [0, 0.05) is 48.8 Å².